The van der Waals surface area contributed by atoms with E-state index in [1.54, 1.807) is 31.4 Å². The largest absolute Gasteiger partial charge is 0.497 e. The molecule has 0 saturated heterocycles. The summed E-state index contributed by atoms with van der Waals surface area (Å²) in [6.45, 7) is 1.64. The van der Waals surface area contributed by atoms with Crippen molar-refractivity contribution in [2.24, 2.45) is 0 Å². The number of anilines is 1. The quantitative estimate of drug-likeness (QED) is 0.692. The summed E-state index contributed by atoms with van der Waals surface area (Å²) >= 11 is 0. The summed E-state index contributed by atoms with van der Waals surface area (Å²) < 4.78 is 35.8. The van der Waals surface area contributed by atoms with E-state index < -0.39 is 10.0 Å². The fraction of sp³-hybridized carbons (Fsp3) is 0.350. The second-order valence-corrected chi connectivity index (χ2v) is 8.18. The van der Waals surface area contributed by atoms with Gasteiger partial charge in [0.15, 0.2) is 0 Å². The first kappa shape index (κ1) is 21.6. The molecule has 2 aromatic carbocycles. The minimum absolute atomic E-state index is 0.226. The lowest BCUT2D eigenvalue weighted by molar-refractivity contribution is -0.120. The molecule has 0 radical (unpaired) electrons. The second kappa shape index (κ2) is 9.45. The number of sulfonamides is 1. The van der Waals surface area contributed by atoms with Crippen molar-refractivity contribution in [1.82, 2.24) is 5.32 Å². The first-order valence-electron chi connectivity index (χ1n) is 8.83. The molecule has 0 aromatic heterocycles. The number of carbonyl (C=O) groups excluding carboxylic acids is 1. The number of methoxy groups -OCH3 is 2. The summed E-state index contributed by atoms with van der Waals surface area (Å²) in [6, 6.07) is 13.7. The lowest BCUT2D eigenvalue weighted by Gasteiger charge is -2.24. The number of nitrogens with one attached hydrogen (secondary N) is 1. The monoisotopic (exact) mass is 406 g/mol. The van der Waals surface area contributed by atoms with E-state index in [1.165, 1.54) is 7.11 Å². The van der Waals surface area contributed by atoms with Crippen LogP contribution in [0.4, 0.5) is 5.69 Å². The first-order valence-corrected chi connectivity index (χ1v) is 10.7. The molecule has 0 aliphatic rings. The molecule has 0 unspecified atom stereocenters. The van der Waals surface area contributed by atoms with Gasteiger partial charge < -0.3 is 14.8 Å². The zero-order valence-electron chi connectivity index (χ0n) is 16.5. The van der Waals surface area contributed by atoms with Crippen molar-refractivity contribution in [2.45, 2.75) is 19.4 Å². The zero-order valence-corrected chi connectivity index (χ0v) is 17.3. The molecule has 0 saturated carbocycles. The van der Waals surface area contributed by atoms with E-state index in [-0.39, 0.29) is 18.5 Å². The fourth-order valence-corrected chi connectivity index (χ4v) is 3.63. The number of nitrogens with zero attached hydrogens (tertiary/aromatic N) is 1. The molecule has 1 N–H and O–H groups in total. The van der Waals surface area contributed by atoms with E-state index in [0.29, 0.717) is 17.9 Å². The fourth-order valence-electron chi connectivity index (χ4n) is 2.78. The van der Waals surface area contributed by atoms with Gasteiger partial charge in [-0.05, 0) is 48.4 Å². The van der Waals surface area contributed by atoms with Crippen molar-refractivity contribution in [3.05, 3.63) is 54.1 Å². The second-order valence-electron chi connectivity index (χ2n) is 6.27. The average molecular weight is 407 g/mol. The molecule has 0 heterocycles. The first-order chi connectivity index (χ1) is 13.3. The molecular formula is C20H26N2O5S. The molecule has 28 heavy (non-hydrogen) atoms. The Bertz CT molecular complexity index is 880. The van der Waals surface area contributed by atoms with Crippen LogP contribution in [-0.4, -0.2) is 41.3 Å². The lowest BCUT2D eigenvalue weighted by atomic mass is 10.0. The van der Waals surface area contributed by atoms with Crippen molar-refractivity contribution >= 4 is 21.6 Å². The number of amides is 1. The van der Waals surface area contributed by atoms with E-state index in [4.69, 9.17) is 9.47 Å². The van der Waals surface area contributed by atoms with Gasteiger partial charge in [-0.3, -0.25) is 9.10 Å². The highest BCUT2D eigenvalue weighted by atomic mass is 32.2. The zero-order chi connectivity index (χ0) is 20.7. The Hall–Kier alpha value is -2.74. The summed E-state index contributed by atoms with van der Waals surface area (Å²) in [4.78, 5) is 12.6. The molecule has 0 spiro atoms. The van der Waals surface area contributed by atoms with Crippen LogP contribution in [0.3, 0.4) is 0 Å². The highest BCUT2D eigenvalue weighted by molar-refractivity contribution is 7.92. The van der Waals surface area contributed by atoms with Crippen LogP contribution in [0, 0.1) is 0 Å². The highest BCUT2D eigenvalue weighted by Gasteiger charge is 2.22. The van der Waals surface area contributed by atoms with Crippen LogP contribution in [0.25, 0.3) is 0 Å². The third kappa shape index (κ3) is 5.63. The Morgan fingerprint density at radius 3 is 1.93 bits per heavy atom. The highest BCUT2D eigenvalue weighted by Crippen LogP contribution is 2.23. The van der Waals surface area contributed by atoms with Gasteiger partial charge in [0, 0.05) is 0 Å². The van der Waals surface area contributed by atoms with E-state index >= 15 is 0 Å². The van der Waals surface area contributed by atoms with Crippen LogP contribution >= 0.6 is 0 Å². The Balaban J connectivity index is 2.15. The number of hydrogen-bond donors (Lipinski definition) is 1. The molecule has 2 rings (SSSR count). The molecule has 2 aromatic rings. The van der Waals surface area contributed by atoms with E-state index in [1.807, 2.05) is 31.2 Å². The third-order valence-corrected chi connectivity index (χ3v) is 5.45. The molecule has 1 atom stereocenters. The van der Waals surface area contributed by atoms with Gasteiger partial charge in [-0.1, -0.05) is 19.1 Å². The number of ether oxygens (including phenoxy) is 2. The van der Waals surface area contributed by atoms with Gasteiger partial charge in [0.25, 0.3) is 0 Å². The molecule has 0 aliphatic heterocycles. The molecular weight excluding hydrogens is 380 g/mol. The van der Waals surface area contributed by atoms with Crippen molar-refractivity contribution in [2.75, 3.05) is 31.3 Å². The Morgan fingerprint density at radius 2 is 1.50 bits per heavy atom. The predicted octanol–water partition coefficient (Wildman–Crippen LogP) is 2.74. The normalized spacial score (nSPS) is 12.1. The molecule has 152 valence electrons. The van der Waals surface area contributed by atoms with Gasteiger partial charge in [0.1, 0.15) is 18.0 Å². The molecule has 1 amide bonds. The Kier molecular flexibility index (Phi) is 7.28. The maximum Gasteiger partial charge on any atom is 0.241 e. The smallest absolute Gasteiger partial charge is 0.241 e. The van der Waals surface area contributed by atoms with Gasteiger partial charge in [0.05, 0.1) is 32.2 Å². The average Bonchev–Trinajstić information content (AvgIpc) is 2.69. The van der Waals surface area contributed by atoms with Gasteiger partial charge >= 0.3 is 0 Å². The van der Waals surface area contributed by atoms with Gasteiger partial charge in [-0.25, -0.2) is 8.42 Å². The molecule has 0 aliphatic carbocycles. The van der Waals surface area contributed by atoms with Crippen LogP contribution in [-0.2, 0) is 14.8 Å². The SMILES string of the molecule is CC[C@H](NC(=O)CN(c1ccc(OC)cc1)S(C)(=O)=O)c1ccc(OC)cc1. The van der Waals surface area contributed by atoms with E-state index in [2.05, 4.69) is 5.32 Å². The van der Waals surface area contributed by atoms with Crippen molar-refractivity contribution in [3.63, 3.8) is 0 Å². The van der Waals surface area contributed by atoms with Crippen LogP contribution in [0.5, 0.6) is 11.5 Å². The van der Waals surface area contributed by atoms with Crippen LogP contribution in [0.1, 0.15) is 24.9 Å². The van der Waals surface area contributed by atoms with Crippen molar-refractivity contribution in [1.29, 1.82) is 0 Å². The maximum atomic E-state index is 12.6. The predicted molar refractivity (Wildman–Crippen MR) is 109 cm³/mol. The maximum absolute atomic E-state index is 12.6. The number of benzene rings is 2. The van der Waals surface area contributed by atoms with Gasteiger partial charge in [0.2, 0.25) is 15.9 Å². The third-order valence-electron chi connectivity index (χ3n) is 4.31. The summed E-state index contributed by atoms with van der Waals surface area (Å²) in [5, 5.41) is 2.90. The minimum Gasteiger partial charge on any atom is -0.497 e. The van der Waals surface area contributed by atoms with Crippen molar-refractivity contribution < 1.29 is 22.7 Å². The summed E-state index contributed by atoms with van der Waals surface area (Å²) in [6.07, 6.45) is 1.74. The summed E-state index contributed by atoms with van der Waals surface area (Å²) in [7, 11) is -0.515. The van der Waals surface area contributed by atoms with Crippen LogP contribution in [0.2, 0.25) is 0 Å². The summed E-state index contributed by atoms with van der Waals surface area (Å²) in [5.41, 5.74) is 1.32. The minimum atomic E-state index is -3.63. The Morgan fingerprint density at radius 1 is 1.00 bits per heavy atom. The molecule has 7 nitrogen and oxygen atoms in total. The van der Waals surface area contributed by atoms with Crippen molar-refractivity contribution in [3.8, 4) is 11.5 Å². The van der Waals surface area contributed by atoms with Gasteiger partial charge in [-0.15, -0.1) is 0 Å². The van der Waals surface area contributed by atoms with Crippen LogP contribution in [0.15, 0.2) is 48.5 Å². The standard InChI is InChI=1S/C20H26N2O5S/c1-5-19(15-6-10-17(26-2)11-7-15)21-20(23)14-22(28(4,24)25)16-8-12-18(27-3)13-9-16/h6-13,19H,5,14H2,1-4H3,(H,21,23)/t19-/m0/s1. The number of carbonyl (C=O) groups is 1. The number of hydrogen-bond acceptors (Lipinski definition) is 5. The molecule has 8 heteroatoms. The van der Waals surface area contributed by atoms with E-state index in [9.17, 15) is 13.2 Å². The topological polar surface area (TPSA) is 84.9 Å². The summed E-state index contributed by atoms with van der Waals surface area (Å²) in [5.74, 6) is 0.948. The number of rotatable bonds is 9. The molecule has 0 fully saturated rings. The van der Waals surface area contributed by atoms with Crippen LogP contribution < -0.4 is 19.1 Å². The lowest BCUT2D eigenvalue weighted by Crippen LogP contribution is -2.41. The van der Waals surface area contributed by atoms with Gasteiger partial charge in [-0.2, -0.15) is 0 Å². The molecule has 0 bridgehead atoms. The van der Waals surface area contributed by atoms with E-state index in [0.717, 1.165) is 21.9 Å². The Labute approximate surface area is 166 Å².